The van der Waals surface area contributed by atoms with E-state index >= 15 is 0 Å². The number of nitrogens with zero attached hydrogens (tertiary/aromatic N) is 3. The molecule has 0 atom stereocenters. The van der Waals surface area contributed by atoms with Gasteiger partial charge in [-0.25, -0.2) is 0 Å². The minimum Gasteiger partial charge on any atom is -0.379 e. The predicted molar refractivity (Wildman–Crippen MR) is 113 cm³/mol. The molecule has 0 aromatic heterocycles. The van der Waals surface area contributed by atoms with Crippen molar-refractivity contribution in [3.63, 3.8) is 0 Å². The fraction of sp³-hybridized carbons (Fsp3) is 0.619. The predicted octanol–water partition coefficient (Wildman–Crippen LogP) is 1.24. The second-order valence-corrected chi connectivity index (χ2v) is 7.17. The zero-order valence-corrected chi connectivity index (χ0v) is 17.0. The standard InChI is InChI=1S/C21H33N5O2/c1-2-22-21(24-11-13-25-14-16-28-17-15-25)23-10-5-8-20(27)26-12-9-18-6-3-4-7-19(18)26/h3-4,6-7H,2,5,8-17H2,1H3,(H2,22,23,24). The number of hydrogen-bond donors (Lipinski definition) is 2. The Hall–Kier alpha value is -2.12. The molecule has 2 heterocycles. The van der Waals surface area contributed by atoms with Crippen molar-refractivity contribution in [3.05, 3.63) is 29.8 Å². The van der Waals surface area contributed by atoms with Gasteiger partial charge in [0.2, 0.25) is 5.91 Å². The van der Waals surface area contributed by atoms with Crippen LogP contribution in [0.2, 0.25) is 0 Å². The molecule has 0 radical (unpaired) electrons. The van der Waals surface area contributed by atoms with Crippen molar-refractivity contribution in [1.82, 2.24) is 15.5 Å². The Bertz CT molecular complexity index is 658. The van der Waals surface area contributed by atoms with Crippen LogP contribution in [-0.4, -0.2) is 75.8 Å². The molecule has 28 heavy (non-hydrogen) atoms. The highest BCUT2D eigenvalue weighted by atomic mass is 16.5. The number of nitrogens with one attached hydrogen (secondary N) is 2. The van der Waals surface area contributed by atoms with Crippen molar-refractivity contribution in [2.24, 2.45) is 4.99 Å². The third-order valence-corrected chi connectivity index (χ3v) is 5.18. The number of anilines is 1. The first-order valence-electron chi connectivity index (χ1n) is 10.5. The molecule has 0 unspecified atom stereocenters. The van der Waals surface area contributed by atoms with Gasteiger partial charge >= 0.3 is 0 Å². The molecule has 1 aromatic rings. The molecule has 1 aromatic carbocycles. The number of amides is 1. The first-order chi connectivity index (χ1) is 13.8. The molecule has 3 rings (SSSR count). The van der Waals surface area contributed by atoms with E-state index in [9.17, 15) is 4.79 Å². The maximum Gasteiger partial charge on any atom is 0.227 e. The Kier molecular flexibility index (Phi) is 8.11. The van der Waals surface area contributed by atoms with Crippen molar-refractivity contribution in [2.45, 2.75) is 26.2 Å². The van der Waals surface area contributed by atoms with E-state index in [1.807, 2.05) is 23.1 Å². The van der Waals surface area contributed by atoms with Gasteiger partial charge in [-0.2, -0.15) is 0 Å². The van der Waals surface area contributed by atoms with E-state index < -0.39 is 0 Å². The van der Waals surface area contributed by atoms with Crippen LogP contribution in [0.5, 0.6) is 0 Å². The number of carbonyl (C=O) groups excluding carboxylic acids is 1. The lowest BCUT2D eigenvalue weighted by molar-refractivity contribution is -0.118. The highest BCUT2D eigenvalue weighted by molar-refractivity contribution is 5.95. The maximum absolute atomic E-state index is 12.6. The molecule has 2 aliphatic heterocycles. The van der Waals surface area contributed by atoms with Crippen LogP contribution in [0, 0.1) is 0 Å². The molecule has 2 aliphatic rings. The first kappa shape index (κ1) is 20.6. The van der Waals surface area contributed by atoms with Crippen LogP contribution in [0.1, 0.15) is 25.3 Å². The van der Waals surface area contributed by atoms with Crippen LogP contribution in [0.3, 0.4) is 0 Å². The second-order valence-electron chi connectivity index (χ2n) is 7.17. The number of carbonyl (C=O) groups is 1. The highest BCUT2D eigenvalue weighted by Gasteiger charge is 2.23. The van der Waals surface area contributed by atoms with Crippen LogP contribution >= 0.6 is 0 Å². The van der Waals surface area contributed by atoms with Gasteiger partial charge < -0.3 is 20.3 Å². The Morgan fingerprint density at radius 2 is 2.00 bits per heavy atom. The summed E-state index contributed by atoms with van der Waals surface area (Å²) in [6.07, 6.45) is 2.25. The number of aliphatic imine (C=N–C) groups is 1. The molecule has 2 N–H and O–H groups in total. The fourth-order valence-corrected chi connectivity index (χ4v) is 3.65. The van der Waals surface area contributed by atoms with E-state index in [1.54, 1.807) is 0 Å². The molecule has 0 bridgehead atoms. The fourth-order valence-electron chi connectivity index (χ4n) is 3.65. The molecule has 154 valence electrons. The summed E-state index contributed by atoms with van der Waals surface area (Å²) in [4.78, 5) is 21.5. The van der Waals surface area contributed by atoms with Gasteiger partial charge in [-0.05, 0) is 31.4 Å². The molecule has 0 saturated carbocycles. The molecule has 0 spiro atoms. The molecule has 0 aliphatic carbocycles. The first-order valence-corrected chi connectivity index (χ1v) is 10.5. The third-order valence-electron chi connectivity index (χ3n) is 5.18. The van der Waals surface area contributed by atoms with Crippen molar-refractivity contribution in [1.29, 1.82) is 0 Å². The van der Waals surface area contributed by atoms with Crippen LogP contribution in [0.25, 0.3) is 0 Å². The van der Waals surface area contributed by atoms with Gasteiger partial charge in [0, 0.05) is 57.9 Å². The summed E-state index contributed by atoms with van der Waals surface area (Å²) in [6.45, 7) is 9.82. The smallest absolute Gasteiger partial charge is 0.227 e. The van der Waals surface area contributed by atoms with Crippen molar-refractivity contribution in [3.8, 4) is 0 Å². The summed E-state index contributed by atoms with van der Waals surface area (Å²) in [7, 11) is 0. The molecule has 1 amide bonds. The van der Waals surface area contributed by atoms with E-state index in [4.69, 9.17) is 4.74 Å². The number of para-hydroxylation sites is 1. The summed E-state index contributed by atoms with van der Waals surface area (Å²) in [5.41, 5.74) is 2.35. The van der Waals surface area contributed by atoms with Crippen LogP contribution in [0.15, 0.2) is 29.3 Å². The molecule has 7 heteroatoms. The quantitative estimate of drug-likeness (QED) is 0.399. The van der Waals surface area contributed by atoms with Gasteiger partial charge in [-0.15, -0.1) is 0 Å². The summed E-state index contributed by atoms with van der Waals surface area (Å²) >= 11 is 0. The monoisotopic (exact) mass is 387 g/mol. The lowest BCUT2D eigenvalue weighted by Crippen LogP contribution is -2.44. The van der Waals surface area contributed by atoms with Crippen LogP contribution in [0.4, 0.5) is 5.69 Å². The number of hydrogen-bond acceptors (Lipinski definition) is 4. The number of fused-ring (bicyclic) bond motifs is 1. The molecular formula is C21H33N5O2. The van der Waals surface area contributed by atoms with Crippen molar-refractivity contribution >= 4 is 17.6 Å². The number of rotatable bonds is 8. The van der Waals surface area contributed by atoms with Gasteiger partial charge in [0.25, 0.3) is 0 Å². The Morgan fingerprint density at radius 3 is 2.82 bits per heavy atom. The second kappa shape index (κ2) is 11.0. The van der Waals surface area contributed by atoms with Crippen LogP contribution in [-0.2, 0) is 16.0 Å². The largest absolute Gasteiger partial charge is 0.379 e. The average molecular weight is 388 g/mol. The topological polar surface area (TPSA) is 69.2 Å². The Balaban J connectivity index is 1.38. The molecule has 1 fully saturated rings. The molecule has 7 nitrogen and oxygen atoms in total. The van der Waals surface area contributed by atoms with Crippen LogP contribution < -0.4 is 15.5 Å². The zero-order valence-electron chi connectivity index (χ0n) is 17.0. The minimum atomic E-state index is 0.199. The van der Waals surface area contributed by atoms with E-state index in [-0.39, 0.29) is 5.91 Å². The number of guanidine groups is 1. The number of ether oxygens (including phenoxy) is 1. The summed E-state index contributed by atoms with van der Waals surface area (Å²) < 4.78 is 5.38. The van der Waals surface area contributed by atoms with Crippen molar-refractivity contribution < 1.29 is 9.53 Å². The SMILES string of the molecule is CCNC(=NCCCC(=O)N1CCc2ccccc21)NCCN1CCOCC1. The molecule has 1 saturated heterocycles. The Labute approximate surface area is 168 Å². The number of morpholine rings is 1. The third kappa shape index (κ3) is 5.94. The van der Waals surface area contributed by atoms with E-state index in [0.717, 1.165) is 77.0 Å². The zero-order chi connectivity index (χ0) is 19.6. The van der Waals surface area contributed by atoms with Gasteiger partial charge in [0.1, 0.15) is 0 Å². The van der Waals surface area contributed by atoms with Gasteiger partial charge in [-0.1, -0.05) is 18.2 Å². The van der Waals surface area contributed by atoms with Gasteiger partial charge in [-0.3, -0.25) is 14.7 Å². The Morgan fingerprint density at radius 1 is 1.18 bits per heavy atom. The van der Waals surface area contributed by atoms with Crippen molar-refractivity contribution in [2.75, 3.05) is 63.9 Å². The summed E-state index contributed by atoms with van der Waals surface area (Å²) in [5, 5.41) is 6.66. The highest BCUT2D eigenvalue weighted by Crippen LogP contribution is 2.27. The maximum atomic E-state index is 12.6. The van der Waals surface area contributed by atoms with E-state index in [0.29, 0.717) is 13.0 Å². The summed E-state index contributed by atoms with van der Waals surface area (Å²) in [6, 6.07) is 8.19. The van der Waals surface area contributed by atoms with E-state index in [2.05, 4.69) is 33.5 Å². The normalized spacial score (nSPS) is 17.5. The lowest BCUT2D eigenvalue weighted by atomic mass is 10.2. The minimum absolute atomic E-state index is 0.199. The molecular weight excluding hydrogens is 354 g/mol. The van der Waals surface area contributed by atoms with Gasteiger partial charge in [0.15, 0.2) is 5.96 Å². The van der Waals surface area contributed by atoms with Gasteiger partial charge in [0.05, 0.1) is 13.2 Å². The summed E-state index contributed by atoms with van der Waals surface area (Å²) in [5.74, 6) is 1.03. The van der Waals surface area contributed by atoms with E-state index in [1.165, 1.54) is 5.56 Å². The number of benzene rings is 1. The lowest BCUT2D eigenvalue weighted by Gasteiger charge is -2.26. The average Bonchev–Trinajstić information content (AvgIpc) is 3.16.